The SMILES string of the molecule is Cc1c(Br)cccc1C(=O)NC(C)(CO)CO. The van der Waals surface area contributed by atoms with Crippen LogP contribution in [0.5, 0.6) is 0 Å². The van der Waals surface area contributed by atoms with Gasteiger partial charge in [0, 0.05) is 10.0 Å². The number of nitrogens with one attached hydrogen (secondary N) is 1. The molecule has 1 rings (SSSR count). The van der Waals surface area contributed by atoms with Crippen molar-refractivity contribution in [2.24, 2.45) is 0 Å². The Morgan fingerprint density at radius 3 is 2.53 bits per heavy atom. The van der Waals surface area contributed by atoms with Gasteiger partial charge in [0.25, 0.3) is 5.91 Å². The largest absolute Gasteiger partial charge is 0.394 e. The van der Waals surface area contributed by atoms with Crippen LogP contribution in [-0.4, -0.2) is 34.9 Å². The van der Waals surface area contributed by atoms with Crippen molar-refractivity contribution in [3.05, 3.63) is 33.8 Å². The highest BCUT2D eigenvalue weighted by molar-refractivity contribution is 9.10. The first kappa shape index (κ1) is 14.2. The molecule has 5 heteroatoms. The second kappa shape index (κ2) is 5.62. The number of halogens is 1. The van der Waals surface area contributed by atoms with Crippen LogP contribution in [0.25, 0.3) is 0 Å². The molecule has 0 heterocycles. The zero-order chi connectivity index (χ0) is 13.1. The van der Waals surface area contributed by atoms with Crippen molar-refractivity contribution in [3.8, 4) is 0 Å². The van der Waals surface area contributed by atoms with Crippen LogP contribution in [0.3, 0.4) is 0 Å². The molecule has 4 nitrogen and oxygen atoms in total. The van der Waals surface area contributed by atoms with Crippen molar-refractivity contribution < 1.29 is 15.0 Å². The highest BCUT2D eigenvalue weighted by Gasteiger charge is 2.25. The molecular formula is C12H16BrNO3. The lowest BCUT2D eigenvalue weighted by molar-refractivity contribution is 0.0723. The predicted molar refractivity (Wildman–Crippen MR) is 68.9 cm³/mol. The van der Waals surface area contributed by atoms with Gasteiger partial charge in [0.2, 0.25) is 0 Å². The van der Waals surface area contributed by atoms with Crippen molar-refractivity contribution in [1.29, 1.82) is 0 Å². The third kappa shape index (κ3) is 3.28. The minimum absolute atomic E-state index is 0.311. The van der Waals surface area contributed by atoms with Crippen molar-refractivity contribution in [1.82, 2.24) is 5.32 Å². The number of aliphatic hydroxyl groups is 2. The summed E-state index contributed by atoms with van der Waals surface area (Å²) in [6.45, 7) is 2.77. The van der Waals surface area contributed by atoms with E-state index in [9.17, 15) is 4.79 Å². The second-order valence-electron chi connectivity index (χ2n) is 4.24. The zero-order valence-corrected chi connectivity index (χ0v) is 11.4. The van der Waals surface area contributed by atoms with Gasteiger partial charge in [-0.1, -0.05) is 22.0 Å². The molecule has 17 heavy (non-hydrogen) atoms. The van der Waals surface area contributed by atoms with Gasteiger partial charge in [-0.25, -0.2) is 0 Å². The first-order valence-electron chi connectivity index (χ1n) is 5.23. The van der Waals surface area contributed by atoms with E-state index in [0.717, 1.165) is 10.0 Å². The van der Waals surface area contributed by atoms with Crippen LogP contribution in [-0.2, 0) is 0 Å². The molecule has 0 spiro atoms. The molecule has 0 aliphatic heterocycles. The van der Waals surface area contributed by atoms with Crippen LogP contribution in [0.15, 0.2) is 22.7 Å². The normalized spacial score (nSPS) is 11.4. The first-order chi connectivity index (χ1) is 7.93. The quantitative estimate of drug-likeness (QED) is 0.783. The summed E-state index contributed by atoms with van der Waals surface area (Å²) in [4.78, 5) is 12.0. The third-order valence-corrected chi connectivity index (χ3v) is 3.48. The van der Waals surface area contributed by atoms with Crippen molar-refractivity contribution in [2.75, 3.05) is 13.2 Å². The Hall–Kier alpha value is -0.910. The topological polar surface area (TPSA) is 69.6 Å². The third-order valence-electron chi connectivity index (χ3n) is 2.63. The molecule has 0 radical (unpaired) electrons. The van der Waals surface area contributed by atoms with Gasteiger partial charge in [-0.2, -0.15) is 0 Å². The van der Waals surface area contributed by atoms with Crippen molar-refractivity contribution >= 4 is 21.8 Å². The smallest absolute Gasteiger partial charge is 0.252 e. The Kier molecular flexibility index (Phi) is 4.68. The van der Waals surface area contributed by atoms with Gasteiger partial charge < -0.3 is 15.5 Å². The van der Waals surface area contributed by atoms with Gasteiger partial charge in [0.1, 0.15) is 0 Å². The van der Waals surface area contributed by atoms with Gasteiger partial charge in [-0.05, 0) is 31.5 Å². The summed E-state index contributed by atoms with van der Waals surface area (Å²) in [7, 11) is 0. The number of hydrogen-bond acceptors (Lipinski definition) is 3. The van der Waals surface area contributed by atoms with E-state index in [1.54, 1.807) is 19.1 Å². The van der Waals surface area contributed by atoms with Gasteiger partial charge in [-0.3, -0.25) is 4.79 Å². The number of carbonyl (C=O) groups excluding carboxylic acids is 1. The Morgan fingerprint density at radius 2 is 2.00 bits per heavy atom. The predicted octanol–water partition coefficient (Wildman–Crippen LogP) is 1.23. The van der Waals surface area contributed by atoms with E-state index in [4.69, 9.17) is 10.2 Å². The molecule has 1 aromatic carbocycles. The highest BCUT2D eigenvalue weighted by atomic mass is 79.9. The van der Waals surface area contributed by atoms with E-state index in [2.05, 4.69) is 21.2 Å². The Bertz CT molecular complexity index is 416. The lowest BCUT2D eigenvalue weighted by Gasteiger charge is -2.26. The fraction of sp³-hybridized carbons (Fsp3) is 0.417. The fourth-order valence-electron chi connectivity index (χ4n) is 1.32. The molecule has 0 aliphatic carbocycles. The lowest BCUT2D eigenvalue weighted by atomic mass is 10.0. The van der Waals surface area contributed by atoms with E-state index >= 15 is 0 Å². The maximum atomic E-state index is 12.0. The molecule has 3 N–H and O–H groups in total. The molecule has 0 saturated heterocycles. The minimum Gasteiger partial charge on any atom is -0.394 e. The monoisotopic (exact) mass is 301 g/mol. The van der Waals surface area contributed by atoms with Crippen LogP contribution >= 0.6 is 15.9 Å². The first-order valence-corrected chi connectivity index (χ1v) is 6.02. The number of hydrogen-bond donors (Lipinski definition) is 3. The maximum absolute atomic E-state index is 12.0. The Balaban J connectivity index is 2.94. The number of amides is 1. The Morgan fingerprint density at radius 1 is 1.41 bits per heavy atom. The average Bonchev–Trinajstić information content (AvgIpc) is 2.32. The number of rotatable bonds is 4. The van der Waals surface area contributed by atoms with Crippen LogP contribution < -0.4 is 5.32 Å². The summed E-state index contributed by atoms with van der Waals surface area (Å²) in [5, 5.41) is 20.9. The second-order valence-corrected chi connectivity index (χ2v) is 5.10. The molecule has 0 unspecified atom stereocenters. The molecular weight excluding hydrogens is 286 g/mol. The van der Waals surface area contributed by atoms with E-state index in [1.807, 2.05) is 13.0 Å². The number of carbonyl (C=O) groups is 1. The summed E-state index contributed by atoms with van der Waals surface area (Å²) in [6.07, 6.45) is 0. The summed E-state index contributed by atoms with van der Waals surface area (Å²) in [6, 6.07) is 5.31. The summed E-state index contributed by atoms with van der Waals surface area (Å²) < 4.78 is 0.847. The van der Waals surface area contributed by atoms with E-state index < -0.39 is 5.54 Å². The van der Waals surface area contributed by atoms with E-state index in [-0.39, 0.29) is 19.1 Å². The van der Waals surface area contributed by atoms with Gasteiger partial charge >= 0.3 is 0 Å². The molecule has 0 saturated carbocycles. The fourth-order valence-corrected chi connectivity index (χ4v) is 1.69. The molecule has 0 bridgehead atoms. The summed E-state index contributed by atoms with van der Waals surface area (Å²) in [5.41, 5.74) is 0.335. The van der Waals surface area contributed by atoms with Crippen LogP contribution in [0.1, 0.15) is 22.8 Å². The summed E-state index contributed by atoms with van der Waals surface area (Å²) >= 11 is 3.35. The Labute approximate surface area is 109 Å². The van der Waals surface area contributed by atoms with Crippen LogP contribution in [0.2, 0.25) is 0 Å². The molecule has 94 valence electrons. The standard InChI is InChI=1S/C12H16BrNO3/c1-8-9(4-3-5-10(8)13)11(17)14-12(2,6-15)7-16/h3-5,15-16H,6-7H2,1-2H3,(H,14,17). The highest BCUT2D eigenvalue weighted by Crippen LogP contribution is 2.19. The summed E-state index contributed by atoms with van der Waals surface area (Å²) in [5.74, 6) is -0.311. The van der Waals surface area contributed by atoms with Gasteiger partial charge in [0.05, 0.1) is 18.8 Å². The van der Waals surface area contributed by atoms with Gasteiger partial charge in [-0.15, -0.1) is 0 Å². The van der Waals surface area contributed by atoms with Gasteiger partial charge in [0.15, 0.2) is 0 Å². The molecule has 0 atom stereocenters. The average molecular weight is 302 g/mol. The molecule has 0 aromatic heterocycles. The van der Waals surface area contributed by atoms with Crippen molar-refractivity contribution in [2.45, 2.75) is 19.4 Å². The molecule has 0 aliphatic rings. The van der Waals surface area contributed by atoms with E-state index in [0.29, 0.717) is 5.56 Å². The van der Waals surface area contributed by atoms with Crippen molar-refractivity contribution in [3.63, 3.8) is 0 Å². The van der Waals surface area contributed by atoms with Crippen LogP contribution in [0.4, 0.5) is 0 Å². The van der Waals surface area contributed by atoms with Crippen LogP contribution in [0, 0.1) is 6.92 Å². The maximum Gasteiger partial charge on any atom is 0.252 e. The number of aliphatic hydroxyl groups excluding tert-OH is 2. The lowest BCUT2D eigenvalue weighted by Crippen LogP contribution is -2.51. The molecule has 1 aromatic rings. The molecule has 1 amide bonds. The number of benzene rings is 1. The zero-order valence-electron chi connectivity index (χ0n) is 9.83. The van der Waals surface area contributed by atoms with E-state index in [1.165, 1.54) is 0 Å². The minimum atomic E-state index is -1.01. The molecule has 0 fully saturated rings.